The molecule has 0 bridgehead atoms. The molecule has 1 atom stereocenters. The van der Waals surface area contributed by atoms with Crippen LogP contribution in [0.25, 0.3) is 10.9 Å². The smallest absolute Gasteiger partial charge is 0.0843 e. The SMILES string of the molecule is CCNC(c1ccc2ncccc2c1)c1cc(Br)c(Br)s1. The Kier molecular flexibility index (Phi) is 4.74. The van der Waals surface area contributed by atoms with Gasteiger partial charge in [0.1, 0.15) is 0 Å². The third-order valence-electron chi connectivity index (χ3n) is 3.32. The molecule has 3 rings (SSSR count). The Balaban J connectivity index is 2.06. The number of fused-ring (bicyclic) bond motifs is 1. The van der Waals surface area contributed by atoms with Gasteiger partial charge in [-0.2, -0.15) is 0 Å². The van der Waals surface area contributed by atoms with Gasteiger partial charge in [-0.25, -0.2) is 0 Å². The first kappa shape index (κ1) is 15.2. The minimum atomic E-state index is 0.201. The number of aromatic nitrogens is 1. The van der Waals surface area contributed by atoms with Gasteiger partial charge in [-0.15, -0.1) is 11.3 Å². The second-order valence-corrected chi connectivity index (χ2v) is 7.97. The van der Waals surface area contributed by atoms with Crippen LogP contribution in [0.2, 0.25) is 0 Å². The average Bonchev–Trinajstić information content (AvgIpc) is 2.83. The van der Waals surface area contributed by atoms with Gasteiger partial charge in [0, 0.05) is 20.9 Å². The summed E-state index contributed by atoms with van der Waals surface area (Å²) in [4.78, 5) is 5.68. The molecule has 0 aliphatic carbocycles. The molecular weight excluding hydrogens is 412 g/mol. The Labute approximate surface area is 144 Å². The van der Waals surface area contributed by atoms with Crippen LogP contribution in [0.3, 0.4) is 0 Å². The molecule has 3 aromatic rings. The summed E-state index contributed by atoms with van der Waals surface area (Å²) < 4.78 is 2.23. The number of thiophene rings is 1. The number of halogens is 2. The van der Waals surface area contributed by atoms with Crippen LogP contribution in [-0.2, 0) is 0 Å². The molecule has 0 saturated heterocycles. The van der Waals surface area contributed by atoms with Crippen LogP contribution in [0.4, 0.5) is 0 Å². The molecule has 0 aliphatic heterocycles. The highest BCUT2D eigenvalue weighted by atomic mass is 79.9. The summed E-state index contributed by atoms with van der Waals surface area (Å²) in [6, 6.07) is 12.9. The Morgan fingerprint density at radius 1 is 1.24 bits per heavy atom. The topological polar surface area (TPSA) is 24.9 Å². The van der Waals surface area contributed by atoms with Crippen molar-refractivity contribution in [2.24, 2.45) is 0 Å². The molecule has 2 aromatic heterocycles. The molecule has 0 radical (unpaired) electrons. The van der Waals surface area contributed by atoms with E-state index in [0.717, 1.165) is 20.3 Å². The lowest BCUT2D eigenvalue weighted by Crippen LogP contribution is -2.21. The van der Waals surface area contributed by atoms with Crippen LogP contribution in [0.15, 0.2) is 50.9 Å². The van der Waals surface area contributed by atoms with Crippen LogP contribution in [0.5, 0.6) is 0 Å². The molecular formula is C16H14Br2N2S. The number of benzene rings is 1. The number of rotatable bonds is 4. The van der Waals surface area contributed by atoms with Gasteiger partial charge in [-0.05, 0) is 68.2 Å². The fourth-order valence-corrected chi connectivity index (χ4v) is 4.56. The van der Waals surface area contributed by atoms with E-state index >= 15 is 0 Å². The second kappa shape index (κ2) is 6.57. The molecule has 2 nitrogen and oxygen atoms in total. The molecule has 1 aromatic carbocycles. The summed E-state index contributed by atoms with van der Waals surface area (Å²) in [5, 5.41) is 4.74. The maximum Gasteiger partial charge on any atom is 0.0843 e. The number of hydrogen-bond donors (Lipinski definition) is 1. The van der Waals surface area contributed by atoms with Gasteiger partial charge < -0.3 is 5.32 Å². The van der Waals surface area contributed by atoms with Crippen LogP contribution < -0.4 is 5.32 Å². The zero-order valence-electron chi connectivity index (χ0n) is 11.4. The standard InChI is InChI=1S/C16H14Br2N2S/c1-2-19-15(14-9-12(17)16(18)21-14)11-5-6-13-10(8-11)4-3-7-20-13/h3-9,15,19H,2H2,1H3. The predicted octanol–water partition coefficient (Wildman–Crippen LogP) is 5.52. The second-order valence-electron chi connectivity index (χ2n) is 4.72. The summed E-state index contributed by atoms with van der Waals surface area (Å²) in [6.45, 7) is 3.05. The fourth-order valence-electron chi connectivity index (χ4n) is 2.37. The monoisotopic (exact) mass is 424 g/mol. The van der Waals surface area contributed by atoms with Crippen LogP contribution >= 0.6 is 43.2 Å². The lowest BCUT2D eigenvalue weighted by Gasteiger charge is -2.17. The first-order chi connectivity index (χ1) is 10.2. The van der Waals surface area contributed by atoms with E-state index in [1.165, 1.54) is 15.8 Å². The van der Waals surface area contributed by atoms with Gasteiger partial charge in [0.25, 0.3) is 0 Å². The number of nitrogens with one attached hydrogen (secondary N) is 1. The first-order valence-corrected chi connectivity index (χ1v) is 9.12. The van der Waals surface area contributed by atoms with Crippen molar-refractivity contribution in [3.63, 3.8) is 0 Å². The van der Waals surface area contributed by atoms with E-state index in [-0.39, 0.29) is 6.04 Å². The van der Waals surface area contributed by atoms with E-state index in [4.69, 9.17) is 0 Å². The van der Waals surface area contributed by atoms with Gasteiger partial charge >= 0.3 is 0 Å². The van der Waals surface area contributed by atoms with E-state index < -0.39 is 0 Å². The Bertz CT molecular complexity index is 750. The van der Waals surface area contributed by atoms with Crippen LogP contribution in [-0.4, -0.2) is 11.5 Å². The van der Waals surface area contributed by atoms with Crippen molar-refractivity contribution >= 4 is 54.1 Å². The molecule has 0 amide bonds. The lowest BCUT2D eigenvalue weighted by atomic mass is 10.0. The van der Waals surface area contributed by atoms with Gasteiger partial charge in [-0.1, -0.05) is 19.1 Å². The van der Waals surface area contributed by atoms with E-state index in [2.05, 4.69) is 79.4 Å². The zero-order chi connectivity index (χ0) is 14.8. The summed E-state index contributed by atoms with van der Waals surface area (Å²) in [6.07, 6.45) is 1.83. The third kappa shape index (κ3) is 3.21. The van der Waals surface area contributed by atoms with E-state index in [1.54, 1.807) is 11.3 Å². The largest absolute Gasteiger partial charge is 0.306 e. The van der Waals surface area contributed by atoms with Gasteiger partial charge in [0.05, 0.1) is 15.3 Å². The highest BCUT2D eigenvalue weighted by Crippen LogP contribution is 2.38. The van der Waals surface area contributed by atoms with Crippen molar-refractivity contribution in [3.05, 3.63) is 61.3 Å². The fraction of sp³-hybridized carbons (Fsp3) is 0.188. The Morgan fingerprint density at radius 2 is 2.10 bits per heavy atom. The average molecular weight is 426 g/mol. The van der Waals surface area contributed by atoms with Crippen molar-refractivity contribution in [1.82, 2.24) is 10.3 Å². The third-order valence-corrected chi connectivity index (χ3v) is 6.64. The molecule has 1 unspecified atom stereocenters. The van der Waals surface area contributed by atoms with E-state index in [1.807, 2.05) is 12.3 Å². The Hall–Kier alpha value is -0.750. The number of nitrogens with zero attached hydrogens (tertiary/aromatic N) is 1. The van der Waals surface area contributed by atoms with Gasteiger partial charge in [0.2, 0.25) is 0 Å². The number of pyridine rings is 1. The van der Waals surface area contributed by atoms with Crippen molar-refractivity contribution in [2.45, 2.75) is 13.0 Å². The quantitative estimate of drug-likeness (QED) is 0.595. The predicted molar refractivity (Wildman–Crippen MR) is 97.0 cm³/mol. The van der Waals surface area contributed by atoms with Crippen molar-refractivity contribution in [2.75, 3.05) is 6.54 Å². The molecule has 2 heterocycles. The van der Waals surface area contributed by atoms with Crippen LogP contribution in [0, 0.1) is 0 Å². The number of hydrogen-bond acceptors (Lipinski definition) is 3. The zero-order valence-corrected chi connectivity index (χ0v) is 15.4. The summed E-state index contributed by atoms with van der Waals surface area (Å²) >= 11 is 8.91. The Morgan fingerprint density at radius 3 is 2.81 bits per heavy atom. The highest BCUT2D eigenvalue weighted by molar-refractivity contribution is 9.13. The minimum absolute atomic E-state index is 0.201. The molecule has 0 spiro atoms. The summed E-state index contributed by atoms with van der Waals surface area (Å²) in [7, 11) is 0. The highest BCUT2D eigenvalue weighted by Gasteiger charge is 2.17. The van der Waals surface area contributed by atoms with E-state index in [0.29, 0.717) is 0 Å². The minimum Gasteiger partial charge on any atom is -0.306 e. The molecule has 0 aliphatic rings. The van der Waals surface area contributed by atoms with Gasteiger partial charge in [-0.3, -0.25) is 4.98 Å². The lowest BCUT2D eigenvalue weighted by molar-refractivity contribution is 0.640. The van der Waals surface area contributed by atoms with Gasteiger partial charge in [0.15, 0.2) is 0 Å². The van der Waals surface area contributed by atoms with Crippen molar-refractivity contribution in [1.29, 1.82) is 0 Å². The first-order valence-electron chi connectivity index (χ1n) is 6.72. The molecule has 21 heavy (non-hydrogen) atoms. The maximum atomic E-state index is 4.39. The van der Waals surface area contributed by atoms with Crippen LogP contribution in [0.1, 0.15) is 23.4 Å². The summed E-state index contributed by atoms with van der Waals surface area (Å²) in [5.41, 5.74) is 2.30. The molecule has 108 valence electrons. The van der Waals surface area contributed by atoms with E-state index in [9.17, 15) is 0 Å². The molecule has 5 heteroatoms. The maximum absolute atomic E-state index is 4.39. The molecule has 0 fully saturated rings. The molecule has 1 N–H and O–H groups in total. The van der Waals surface area contributed by atoms with Crippen molar-refractivity contribution in [3.8, 4) is 0 Å². The normalized spacial score (nSPS) is 12.7. The van der Waals surface area contributed by atoms with Crippen molar-refractivity contribution < 1.29 is 0 Å². The summed E-state index contributed by atoms with van der Waals surface area (Å²) in [5.74, 6) is 0. The molecule has 0 saturated carbocycles.